The van der Waals surface area contributed by atoms with E-state index in [9.17, 15) is 0 Å². The van der Waals surface area contributed by atoms with Crippen LogP contribution >= 0.6 is 11.8 Å². The first-order valence-corrected chi connectivity index (χ1v) is 6.00. The Hall–Kier alpha value is -0.510. The summed E-state index contributed by atoms with van der Waals surface area (Å²) in [5, 5.41) is 0. The first kappa shape index (κ1) is 11.6. The van der Waals surface area contributed by atoms with E-state index >= 15 is 0 Å². The summed E-state index contributed by atoms with van der Waals surface area (Å²) in [5.74, 6) is 0. The Labute approximate surface area is 90.5 Å². The van der Waals surface area contributed by atoms with Gasteiger partial charge in [0.15, 0.2) is 0 Å². The van der Waals surface area contributed by atoms with Gasteiger partial charge in [0, 0.05) is 18.1 Å². The Bertz CT molecular complexity index is 258. The number of hydrogen-bond acceptors (Lipinski definition) is 3. The fraction of sp³-hybridized carbons (Fsp3) is 0.455. The van der Waals surface area contributed by atoms with Crippen molar-refractivity contribution in [2.75, 3.05) is 26.5 Å². The average Bonchev–Trinajstić information content (AvgIpc) is 2.26. The monoisotopic (exact) mass is 210 g/mol. The Morgan fingerprint density at radius 3 is 2.43 bits per heavy atom. The van der Waals surface area contributed by atoms with Gasteiger partial charge in [0.2, 0.25) is 0 Å². The van der Waals surface area contributed by atoms with Crippen molar-refractivity contribution in [2.45, 2.75) is 11.3 Å². The smallest absolute Gasteiger partial charge is 0.0452 e. The minimum absolute atomic E-state index is 0.628. The van der Waals surface area contributed by atoms with Crippen molar-refractivity contribution in [3.05, 3.63) is 29.8 Å². The van der Waals surface area contributed by atoms with Crippen LogP contribution in [0.25, 0.3) is 0 Å². The molecule has 0 fully saturated rings. The normalized spacial score (nSPS) is 10.9. The lowest BCUT2D eigenvalue weighted by atomic mass is 10.1. The molecule has 0 aliphatic heterocycles. The Balaban J connectivity index is 2.43. The lowest BCUT2D eigenvalue weighted by Gasteiger charge is -2.13. The predicted octanol–water partition coefficient (Wildman–Crippen LogP) is 1.80. The largest absolute Gasteiger partial charge is 0.318 e. The van der Waals surface area contributed by atoms with Gasteiger partial charge in [-0.2, -0.15) is 0 Å². The van der Waals surface area contributed by atoms with Gasteiger partial charge >= 0.3 is 0 Å². The molecule has 0 bridgehead atoms. The first-order valence-electron chi connectivity index (χ1n) is 4.78. The van der Waals surface area contributed by atoms with Gasteiger partial charge in [0.05, 0.1) is 0 Å². The van der Waals surface area contributed by atoms with Crippen molar-refractivity contribution < 1.29 is 0 Å². The highest BCUT2D eigenvalue weighted by atomic mass is 32.2. The van der Waals surface area contributed by atoms with Crippen molar-refractivity contribution in [2.24, 2.45) is 5.73 Å². The Morgan fingerprint density at radius 1 is 1.29 bits per heavy atom. The standard InChI is InChI=1S/C11H18N2S/c1-13(9-12)8-7-10-3-5-11(14-2)6-4-10/h3-6H,7-9,12H2,1-2H3. The third-order valence-corrected chi connectivity index (χ3v) is 3.00. The molecule has 0 saturated carbocycles. The van der Waals surface area contributed by atoms with Crippen LogP contribution in [0.4, 0.5) is 0 Å². The van der Waals surface area contributed by atoms with E-state index in [2.05, 4.69) is 35.4 Å². The third-order valence-electron chi connectivity index (χ3n) is 2.25. The average molecular weight is 210 g/mol. The van der Waals surface area contributed by atoms with E-state index in [1.165, 1.54) is 10.5 Å². The van der Waals surface area contributed by atoms with Gasteiger partial charge in [0.1, 0.15) is 0 Å². The van der Waals surface area contributed by atoms with E-state index in [4.69, 9.17) is 5.73 Å². The van der Waals surface area contributed by atoms with Gasteiger partial charge < -0.3 is 5.73 Å². The summed E-state index contributed by atoms with van der Waals surface area (Å²) < 4.78 is 0. The van der Waals surface area contributed by atoms with Crippen LogP contribution in [0.1, 0.15) is 5.56 Å². The highest BCUT2D eigenvalue weighted by molar-refractivity contribution is 7.98. The molecule has 0 aromatic heterocycles. The zero-order valence-electron chi connectivity index (χ0n) is 8.86. The quantitative estimate of drug-likeness (QED) is 0.593. The van der Waals surface area contributed by atoms with Gasteiger partial charge in [-0.25, -0.2) is 0 Å². The summed E-state index contributed by atoms with van der Waals surface area (Å²) in [5.41, 5.74) is 6.88. The minimum atomic E-state index is 0.628. The van der Waals surface area contributed by atoms with Crippen molar-refractivity contribution in [1.29, 1.82) is 0 Å². The number of hydrogen-bond donors (Lipinski definition) is 1. The number of likely N-dealkylation sites (N-methyl/N-ethyl adjacent to an activating group) is 1. The summed E-state index contributed by atoms with van der Waals surface area (Å²) in [6, 6.07) is 8.72. The molecule has 0 heterocycles. The van der Waals surface area contributed by atoms with Gasteiger partial charge in [-0.15, -0.1) is 11.8 Å². The van der Waals surface area contributed by atoms with Crippen LogP contribution in [0.3, 0.4) is 0 Å². The Morgan fingerprint density at radius 2 is 1.93 bits per heavy atom. The zero-order chi connectivity index (χ0) is 10.4. The minimum Gasteiger partial charge on any atom is -0.318 e. The number of benzene rings is 1. The van der Waals surface area contributed by atoms with Crippen LogP contribution in [0, 0.1) is 0 Å². The maximum absolute atomic E-state index is 5.50. The molecule has 0 amide bonds. The molecular formula is C11H18N2S. The SMILES string of the molecule is CSc1ccc(CCN(C)CN)cc1. The fourth-order valence-electron chi connectivity index (χ4n) is 1.20. The first-order chi connectivity index (χ1) is 6.76. The number of rotatable bonds is 5. The molecule has 1 rings (SSSR count). The van der Waals surface area contributed by atoms with Crippen molar-refractivity contribution in [1.82, 2.24) is 4.90 Å². The number of thioether (sulfide) groups is 1. The lowest BCUT2D eigenvalue weighted by Crippen LogP contribution is -2.27. The second kappa shape index (κ2) is 6.06. The molecule has 2 nitrogen and oxygen atoms in total. The van der Waals surface area contributed by atoms with Crippen molar-refractivity contribution in [3.8, 4) is 0 Å². The van der Waals surface area contributed by atoms with E-state index in [0.29, 0.717) is 6.67 Å². The van der Waals surface area contributed by atoms with E-state index in [1.54, 1.807) is 11.8 Å². The van der Waals surface area contributed by atoms with Gasteiger partial charge in [-0.1, -0.05) is 12.1 Å². The Kier molecular flexibility index (Phi) is 5.01. The highest BCUT2D eigenvalue weighted by Crippen LogP contribution is 2.14. The second-order valence-corrected chi connectivity index (χ2v) is 4.24. The number of nitrogens with two attached hydrogens (primary N) is 1. The van der Waals surface area contributed by atoms with Crippen LogP contribution < -0.4 is 5.73 Å². The molecule has 78 valence electrons. The topological polar surface area (TPSA) is 29.3 Å². The van der Waals surface area contributed by atoms with Crippen LogP contribution in [0.2, 0.25) is 0 Å². The summed E-state index contributed by atoms with van der Waals surface area (Å²) in [6.45, 7) is 1.65. The molecule has 1 aromatic carbocycles. The molecule has 3 heteroatoms. The molecule has 0 aliphatic carbocycles. The van der Waals surface area contributed by atoms with Gasteiger partial charge in [-0.3, -0.25) is 4.90 Å². The molecule has 0 atom stereocenters. The van der Waals surface area contributed by atoms with Gasteiger partial charge in [0.25, 0.3) is 0 Å². The van der Waals surface area contributed by atoms with Crippen LogP contribution in [-0.2, 0) is 6.42 Å². The van der Waals surface area contributed by atoms with Crippen LogP contribution in [-0.4, -0.2) is 31.4 Å². The number of nitrogens with zero attached hydrogens (tertiary/aromatic N) is 1. The molecule has 0 spiro atoms. The highest BCUT2D eigenvalue weighted by Gasteiger charge is 1.97. The van der Waals surface area contributed by atoms with E-state index in [0.717, 1.165) is 13.0 Å². The molecule has 0 aliphatic rings. The summed E-state index contributed by atoms with van der Waals surface area (Å²) in [7, 11) is 2.04. The van der Waals surface area contributed by atoms with E-state index in [1.807, 2.05) is 7.05 Å². The molecule has 14 heavy (non-hydrogen) atoms. The zero-order valence-corrected chi connectivity index (χ0v) is 9.68. The summed E-state index contributed by atoms with van der Waals surface area (Å²) in [6.07, 6.45) is 3.17. The maximum Gasteiger partial charge on any atom is 0.0452 e. The molecular weight excluding hydrogens is 192 g/mol. The van der Waals surface area contributed by atoms with E-state index < -0.39 is 0 Å². The summed E-state index contributed by atoms with van der Waals surface area (Å²) in [4.78, 5) is 3.43. The second-order valence-electron chi connectivity index (χ2n) is 3.36. The van der Waals surface area contributed by atoms with Crippen molar-refractivity contribution in [3.63, 3.8) is 0 Å². The molecule has 0 unspecified atom stereocenters. The lowest BCUT2D eigenvalue weighted by molar-refractivity contribution is 0.349. The fourth-order valence-corrected chi connectivity index (χ4v) is 1.61. The molecule has 0 saturated heterocycles. The van der Waals surface area contributed by atoms with Gasteiger partial charge in [-0.05, 0) is 37.4 Å². The van der Waals surface area contributed by atoms with E-state index in [-0.39, 0.29) is 0 Å². The molecule has 1 aromatic rings. The predicted molar refractivity (Wildman–Crippen MR) is 63.6 cm³/mol. The third kappa shape index (κ3) is 3.70. The van der Waals surface area contributed by atoms with Crippen LogP contribution in [0.5, 0.6) is 0 Å². The summed E-state index contributed by atoms with van der Waals surface area (Å²) >= 11 is 1.78. The van der Waals surface area contributed by atoms with Crippen LogP contribution in [0.15, 0.2) is 29.2 Å². The molecule has 2 N–H and O–H groups in total. The molecule has 0 radical (unpaired) electrons. The van der Waals surface area contributed by atoms with Crippen molar-refractivity contribution >= 4 is 11.8 Å². The maximum atomic E-state index is 5.50.